The predicted molar refractivity (Wildman–Crippen MR) is 97.5 cm³/mol. The van der Waals surface area contributed by atoms with Crippen molar-refractivity contribution >= 4 is 23.3 Å². The molecule has 25 heavy (non-hydrogen) atoms. The molecule has 0 unspecified atom stereocenters. The third-order valence-corrected chi connectivity index (χ3v) is 4.32. The molecule has 8 heteroatoms. The van der Waals surface area contributed by atoms with E-state index in [4.69, 9.17) is 5.73 Å². The number of nitrogens with one attached hydrogen (secondary N) is 1. The van der Waals surface area contributed by atoms with E-state index < -0.39 is 4.92 Å². The Hall–Kier alpha value is -2.90. The third-order valence-electron chi connectivity index (χ3n) is 4.32. The van der Waals surface area contributed by atoms with Gasteiger partial charge in [0.1, 0.15) is 0 Å². The number of hydrogen-bond acceptors (Lipinski definition) is 7. The molecule has 0 saturated carbocycles. The molecule has 1 fully saturated rings. The highest BCUT2D eigenvalue weighted by Gasteiger charge is 2.26. The maximum atomic E-state index is 11.4. The smallest absolute Gasteiger partial charge is 0.353 e. The Morgan fingerprint density at radius 2 is 2.12 bits per heavy atom. The Labute approximate surface area is 146 Å². The zero-order chi connectivity index (χ0) is 17.8. The van der Waals surface area contributed by atoms with Crippen molar-refractivity contribution in [3.05, 3.63) is 46.0 Å². The maximum absolute atomic E-state index is 11.4. The highest BCUT2D eigenvalue weighted by atomic mass is 16.6. The van der Waals surface area contributed by atoms with E-state index in [2.05, 4.69) is 22.2 Å². The normalized spacial score (nSPS) is 17.3. The predicted octanol–water partition coefficient (Wildman–Crippen LogP) is 2.82. The summed E-state index contributed by atoms with van der Waals surface area (Å²) in [5.74, 6) is 1.04. The van der Waals surface area contributed by atoms with Gasteiger partial charge in [0.2, 0.25) is 17.6 Å². The Bertz CT molecular complexity index is 752. The third kappa shape index (κ3) is 3.96. The molecule has 1 atom stereocenters. The van der Waals surface area contributed by atoms with E-state index in [1.807, 2.05) is 35.2 Å². The number of nitro groups is 1. The van der Waals surface area contributed by atoms with Gasteiger partial charge in [-0.2, -0.15) is 9.97 Å². The van der Waals surface area contributed by atoms with Crippen LogP contribution in [0.3, 0.4) is 0 Å². The number of nitrogen functional groups attached to an aromatic ring is 1. The number of anilines is 3. The summed E-state index contributed by atoms with van der Waals surface area (Å²) in [7, 11) is 0. The van der Waals surface area contributed by atoms with Gasteiger partial charge >= 0.3 is 5.69 Å². The quantitative estimate of drug-likeness (QED) is 0.635. The fraction of sp³-hybridized carbons (Fsp3) is 0.412. The van der Waals surface area contributed by atoms with Crippen LogP contribution in [0, 0.1) is 16.0 Å². The van der Waals surface area contributed by atoms with E-state index in [1.54, 1.807) is 0 Å². The monoisotopic (exact) mass is 342 g/mol. The van der Waals surface area contributed by atoms with Gasteiger partial charge in [0.05, 0.1) is 4.92 Å². The Morgan fingerprint density at radius 1 is 1.36 bits per heavy atom. The van der Waals surface area contributed by atoms with Gasteiger partial charge in [-0.15, -0.1) is 0 Å². The highest BCUT2D eigenvalue weighted by Crippen LogP contribution is 2.31. The standard InChI is InChI=1S/C17H22N6O2/c1-12-6-5-9-22(11-12)17-20-15(18)14(23(24)25)16(21-17)19-10-13-7-3-2-4-8-13/h2-4,7-8,12H,5-6,9-11H2,1H3,(H3,18,19,20,21)/t12-/m0/s1. The van der Waals surface area contributed by atoms with Crippen LogP contribution in [-0.4, -0.2) is 28.0 Å². The fourth-order valence-corrected chi connectivity index (χ4v) is 3.06. The molecule has 2 aromatic rings. The van der Waals surface area contributed by atoms with Gasteiger partial charge in [-0.05, 0) is 24.3 Å². The van der Waals surface area contributed by atoms with Crippen LogP contribution in [0.15, 0.2) is 30.3 Å². The van der Waals surface area contributed by atoms with Crippen molar-refractivity contribution in [1.29, 1.82) is 0 Å². The van der Waals surface area contributed by atoms with Crippen LogP contribution in [0.4, 0.5) is 23.3 Å². The second-order valence-electron chi connectivity index (χ2n) is 6.40. The van der Waals surface area contributed by atoms with Crippen molar-refractivity contribution < 1.29 is 4.92 Å². The van der Waals surface area contributed by atoms with Gasteiger partial charge in [-0.1, -0.05) is 37.3 Å². The van der Waals surface area contributed by atoms with Crippen molar-refractivity contribution in [1.82, 2.24) is 9.97 Å². The first kappa shape index (κ1) is 16.9. The summed E-state index contributed by atoms with van der Waals surface area (Å²) in [5.41, 5.74) is 6.60. The molecule has 1 aliphatic rings. The molecule has 0 radical (unpaired) electrons. The van der Waals surface area contributed by atoms with Gasteiger partial charge in [-0.25, -0.2) is 0 Å². The molecule has 0 bridgehead atoms. The van der Waals surface area contributed by atoms with Crippen molar-refractivity contribution in [3.8, 4) is 0 Å². The van der Waals surface area contributed by atoms with Crippen LogP contribution in [0.25, 0.3) is 0 Å². The molecule has 1 aromatic carbocycles. The van der Waals surface area contributed by atoms with Gasteiger partial charge in [0, 0.05) is 19.6 Å². The SMILES string of the molecule is C[C@H]1CCCN(c2nc(N)c([N+](=O)[O-])c(NCc3ccccc3)n2)C1. The lowest BCUT2D eigenvalue weighted by Gasteiger charge is -2.31. The van der Waals surface area contributed by atoms with Crippen molar-refractivity contribution in [2.45, 2.75) is 26.3 Å². The van der Waals surface area contributed by atoms with E-state index >= 15 is 0 Å². The second-order valence-corrected chi connectivity index (χ2v) is 6.40. The number of nitrogens with two attached hydrogens (primary N) is 1. The topological polar surface area (TPSA) is 110 Å². The van der Waals surface area contributed by atoms with Crippen molar-refractivity contribution in [2.75, 3.05) is 29.0 Å². The molecular formula is C17H22N6O2. The maximum Gasteiger partial charge on any atom is 0.353 e. The molecule has 132 valence electrons. The number of benzene rings is 1. The van der Waals surface area contributed by atoms with Gasteiger partial charge in [0.15, 0.2) is 0 Å². The lowest BCUT2D eigenvalue weighted by atomic mass is 10.0. The highest BCUT2D eigenvalue weighted by molar-refractivity contribution is 5.70. The molecule has 3 N–H and O–H groups in total. The van der Waals surface area contributed by atoms with Gasteiger partial charge in [-0.3, -0.25) is 10.1 Å². The van der Waals surface area contributed by atoms with E-state index in [9.17, 15) is 10.1 Å². The van der Waals surface area contributed by atoms with E-state index in [0.717, 1.165) is 31.5 Å². The first-order valence-corrected chi connectivity index (χ1v) is 8.39. The first-order chi connectivity index (χ1) is 12.0. The average molecular weight is 342 g/mol. The number of rotatable bonds is 5. The Balaban J connectivity index is 1.89. The van der Waals surface area contributed by atoms with Crippen molar-refractivity contribution in [3.63, 3.8) is 0 Å². The van der Waals surface area contributed by atoms with E-state index in [0.29, 0.717) is 18.4 Å². The summed E-state index contributed by atoms with van der Waals surface area (Å²) in [5, 5.41) is 14.4. The molecule has 0 amide bonds. The average Bonchev–Trinajstić information content (AvgIpc) is 2.60. The first-order valence-electron chi connectivity index (χ1n) is 8.39. The summed E-state index contributed by atoms with van der Waals surface area (Å²) in [4.78, 5) is 21.5. The second kappa shape index (κ2) is 7.33. The largest absolute Gasteiger partial charge is 0.378 e. The molecule has 3 rings (SSSR count). The van der Waals surface area contributed by atoms with Crippen LogP contribution in [0.5, 0.6) is 0 Å². The molecule has 0 aliphatic carbocycles. The summed E-state index contributed by atoms with van der Waals surface area (Å²) in [6, 6.07) is 9.64. The van der Waals surface area contributed by atoms with Gasteiger partial charge < -0.3 is 16.0 Å². The zero-order valence-corrected chi connectivity index (χ0v) is 14.2. The fourth-order valence-electron chi connectivity index (χ4n) is 3.06. The molecule has 0 spiro atoms. The number of aromatic nitrogens is 2. The van der Waals surface area contributed by atoms with E-state index in [1.165, 1.54) is 0 Å². The van der Waals surface area contributed by atoms with Crippen LogP contribution >= 0.6 is 0 Å². The summed E-state index contributed by atoms with van der Waals surface area (Å²) < 4.78 is 0. The van der Waals surface area contributed by atoms with Crippen LogP contribution in [0.1, 0.15) is 25.3 Å². The summed E-state index contributed by atoms with van der Waals surface area (Å²) >= 11 is 0. The Kier molecular flexibility index (Phi) is 4.97. The van der Waals surface area contributed by atoms with E-state index in [-0.39, 0.29) is 17.3 Å². The van der Waals surface area contributed by atoms with Crippen molar-refractivity contribution in [2.24, 2.45) is 5.92 Å². The number of nitrogens with zero attached hydrogens (tertiary/aromatic N) is 4. The molecule has 1 aliphatic heterocycles. The molecule has 1 saturated heterocycles. The van der Waals surface area contributed by atoms with Gasteiger partial charge in [0.25, 0.3) is 0 Å². The Morgan fingerprint density at radius 3 is 2.80 bits per heavy atom. The minimum absolute atomic E-state index is 0.108. The summed E-state index contributed by atoms with van der Waals surface area (Å²) in [6.07, 6.45) is 2.21. The zero-order valence-electron chi connectivity index (χ0n) is 14.2. The molecule has 1 aromatic heterocycles. The number of hydrogen-bond donors (Lipinski definition) is 2. The molecule has 2 heterocycles. The van der Waals surface area contributed by atoms with Crippen LogP contribution in [0.2, 0.25) is 0 Å². The number of piperidine rings is 1. The molecule has 8 nitrogen and oxygen atoms in total. The minimum atomic E-state index is -0.536. The lowest BCUT2D eigenvalue weighted by molar-refractivity contribution is -0.383. The minimum Gasteiger partial charge on any atom is -0.378 e. The summed E-state index contributed by atoms with van der Waals surface area (Å²) in [6.45, 7) is 4.26. The van der Waals surface area contributed by atoms with Crippen LogP contribution in [-0.2, 0) is 6.54 Å². The molecular weight excluding hydrogens is 320 g/mol. The lowest BCUT2D eigenvalue weighted by Crippen LogP contribution is -2.35. The van der Waals surface area contributed by atoms with Crippen LogP contribution < -0.4 is 16.0 Å².